The summed E-state index contributed by atoms with van der Waals surface area (Å²) in [5.74, 6) is 0.579. The molecule has 1 unspecified atom stereocenters. The van der Waals surface area contributed by atoms with E-state index in [1.807, 2.05) is 73.7 Å². The molecule has 1 aromatic heterocycles. The number of carboxylic acids is 1. The molecule has 1 aliphatic rings. The molecule has 34 heavy (non-hydrogen) atoms. The first kappa shape index (κ1) is 21.3. The van der Waals surface area contributed by atoms with Crippen molar-refractivity contribution >= 4 is 17.4 Å². The summed E-state index contributed by atoms with van der Waals surface area (Å²) in [6, 6.07) is 26.9. The quantitative estimate of drug-likeness (QED) is 0.400. The van der Waals surface area contributed by atoms with Gasteiger partial charge in [-0.15, -0.1) is 0 Å². The Balaban J connectivity index is 1.53. The highest BCUT2D eigenvalue weighted by Gasteiger charge is 2.43. The van der Waals surface area contributed by atoms with Gasteiger partial charge in [0.25, 0.3) is 0 Å². The third-order valence-corrected chi connectivity index (χ3v) is 5.47. The molecule has 0 radical (unpaired) electrons. The molecule has 0 bridgehead atoms. The number of ether oxygens (including phenoxy) is 2. The largest absolute Gasteiger partial charge is 0.482 e. The molecule has 2 heterocycles. The zero-order valence-electron chi connectivity index (χ0n) is 18.4. The molecule has 0 saturated carbocycles. The summed E-state index contributed by atoms with van der Waals surface area (Å²) in [6.45, 7) is 1.47. The van der Waals surface area contributed by atoms with Crippen molar-refractivity contribution in [3.05, 3.63) is 108 Å². The lowest BCUT2D eigenvalue weighted by molar-refractivity contribution is -0.139. The summed E-state index contributed by atoms with van der Waals surface area (Å²) >= 11 is 0. The standard InChI is InChI=1S/C27H22N2O5/c1-27(26-25(33-17-28-26)20-13-8-14-21(15-20)32-16-22(30)31)29-23(18-9-4-2-5-10-18)24(34-27)19-11-6-3-7-12-19/h2-15,17,29H,16H2,1H3,(H,30,31). The molecule has 7 nitrogen and oxygen atoms in total. The molecular weight excluding hydrogens is 432 g/mol. The molecule has 5 rings (SSSR count). The molecular formula is C27H22N2O5. The van der Waals surface area contributed by atoms with Gasteiger partial charge < -0.3 is 24.3 Å². The predicted molar refractivity (Wildman–Crippen MR) is 126 cm³/mol. The molecule has 2 N–H and O–H groups in total. The molecule has 1 atom stereocenters. The minimum Gasteiger partial charge on any atom is -0.482 e. The molecule has 0 aliphatic carbocycles. The smallest absolute Gasteiger partial charge is 0.341 e. The van der Waals surface area contributed by atoms with Gasteiger partial charge in [0.05, 0.1) is 5.70 Å². The molecule has 170 valence electrons. The van der Waals surface area contributed by atoms with Crippen LogP contribution in [0.2, 0.25) is 0 Å². The first-order valence-corrected chi connectivity index (χ1v) is 10.7. The van der Waals surface area contributed by atoms with Crippen LogP contribution in [0.3, 0.4) is 0 Å². The number of aromatic nitrogens is 1. The van der Waals surface area contributed by atoms with Crippen LogP contribution in [0.1, 0.15) is 23.7 Å². The highest BCUT2D eigenvalue weighted by atomic mass is 16.5. The van der Waals surface area contributed by atoms with E-state index in [4.69, 9.17) is 19.0 Å². The van der Waals surface area contributed by atoms with Gasteiger partial charge in [-0.3, -0.25) is 0 Å². The van der Waals surface area contributed by atoms with E-state index in [9.17, 15) is 4.79 Å². The lowest BCUT2D eigenvalue weighted by Crippen LogP contribution is -2.36. The van der Waals surface area contributed by atoms with Crippen LogP contribution in [0.15, 0.2) is 95.7 Å². The summed E-state index contributed by atoms with van der Waals surface area (Å²) in [6.07, 6.45) is 1.37. The molecule has 0 fully saturated rings. The number of carboxylic acid groups (broad SMARTS) is 1. The molecule has 3 aromatic carbocycles. The van der Waals surface area contributed by atoms with Gasteiger partial charge in [0.1, 0.15) is 5.75 Å². The van der Waals surface area contributed by atoms with Crippen molar-refractivity contribution in [2.75, 3.05) is 6.61 Å². The number of oxazole rings is 1. The fourth-order valence-corrected chi connectivity index (χ4v) is 3.95. The summed E-state index contributed by atoms with van der Waals surface area (Å²) < 4.78 is 17.7. The van der Waals surface area contributed by atoms with Crippen LogP contribution in [0.5, 0.6) is 5.75 Å². The van der Waals surface area contributed by atoms with Crippen molar-refractivity contribution in [1.29, 1.82) is 0 Å². The van der Waals surface area contributed by atoms with Crippen LogP contribution >= 0.6 is 0 Å². The molecule has 0 saturated heterocycles. The summed E-state index contributed by atoms with van der Waals surface area (Å²) in [4.78, 5) is 15.4. The van der Waals surface area contributed by atoms with E-state index in [1.165, 1.54) is 6.39 Å². The van der Waals surface area contributed by atoms with Crippen molar-refractivity contribution in [2.45, 2.75) is 12.6 Å². The zero-order chi connectivity index (χ0) is 23.5. The molecule has 7 heteroatoms. The monoisotopic (exact) mass is 454 g/mol. The first-order chi connectivity index (χ1) is 16.5. The van der Waals surface area contributed by atoms with Crippen molar-refractivity contribution < 1.29 is 23.8 Å². The number of aliphatic carboxylic acids is 1. The minimum atomic E-state index is -1.05. The lowest BCUT2D eigenvalue weighted by Gasteiger charge is -2.25. The highest BCUT2D eigenvalue weighted by Crippen LogP contribution is 2.43. The second-order valence-corrected chi connectivity index (χ2v) is 7.94. The Morgan fingerprint density at radius 2 is 1.65 bits per heavy atom. The Kier molecular flexibility index (Phi) is 5.51. The zero-order valence-corrected chi connectivity index (χ0v) is 18.4. The Morgan fingerprint density at radius 1 is 0.971 bits per heavy atom. The number of hydrogen-bond acceptors (Lipinski definition) is 6. The molecule has 1 aliphatic heterocycles. The van der Waals surface area contributed by atoms with Gasteiger partial charge >= 0.3 is 5.97 Å². The van der Waals surface area contributed by atoms with Crippen LogP contribution in [0.25, 0.3) is 22.8 Å². The van der Waals surface area contributed by atoms with Gasteiger partial charge in [0.2, 0.25) is 5.72 Å². The van der Waals surface area contributed by atoms with Crippen LogP contribution in [-0.4, -0.2) is 22.7 Å². The first-order valence-electron chi connectivity index (χ1n) is 10.7. The number of carbonyl (C=O) groups is 1. The number of nitrogens with zero attached hydrogens (tertiary/aromatic N) is 1. The highest BCUT2D eigenvalue weighted by molar-refractivity contribution is 5.89. The molecule has 0 amide bonds. The van der Waals surface area contributed by atoms with Crippen LogP contribution in [0, 0.1) is 0 Å². The Morgan fingerprint density at radius 3 is 2.35 bits per heavy atom. The average Bonchev–Trinajstić information content (AvgIpc) is 3.50. The second-order valence-electron chi connectivity index (χ2n) is 7.94. The number of rotatable bonds is 7. The maximum Gasteiger partial charge on any atom is 0.341 e. The molecule has 0 spiro atoms. The fraction of sp³-hybridized carbons (Fsp3) is 0.111. The Hall–Kier alpha value is -4.52. The summed E-state index contributed by atoms with van der Waals surface area (Å²) in [5.41, 5.74) is 3.00. The molecule has 4 aromatic rings. The van der Waals surface area contributed by atoms with Crippen molar-refractivity contribution in [2.24, 2.45) is 0 Å². The average molecular weight is 454 g/mol. The second kappa shape index (κ2) is 8.78. The van der Waals surface area contributed by atoms with Gasteiger partial charge in [0.15, 0.2) is 30.2 Å². The van der Waals surface area contributed by atoms with Crippen molar-refractivity contribution in [3.63, 3.8) is 0 Å². The topological polar surface area (TPSA) is 93.8 Å². The van der Waals surface area contributed by atoms with Gasteiger partial charge in [-0.05, 0) is 12.1 Å². The van der Waals surface area contributed by atoms with Crippen LogP contribution < -0.4 is 10.1 Å². The number of nitrogens with one attached hydrogen (secondary N) is 1. The van der Waals surface area contributed by atoms with Crippen molar-refractivity contribution in [3.8, 4) is 17.1 Å². The van der Waals surface area contributed by atoms with Gasteiger partial charge in [-0.2, -0.15) is 0 Å². The van der Waals surface area contributed by atoms with E-state index in [0.717, 1.165) is 16.8 Å². The van der Waals surface area contributed by atoms with Gasteiger partial charge in [0, 0.05) is 23.6 Å². The normalized spacial score (nSPS) is 17.2. The summed E-state index contributed by atoms with van der Waals surface area (Å²) in [5, 5.41) is 12.4. The van der Waals surface area contributed by atoms with Gasteiger partial charge in [-0.25, -0.2) is 9.78 Å². The Bertz CT molecular complexity index is 1290. The maximum atomic E-state index is 10.9. The third kappa shape index (κ3) is 4.11. The minimum absolute atomic E-state index is 0.417. The van der Waals surface area contributed by atoms with E-state index >= 15 is 0 Å². The van der Waals surface area contributed by atoms with E-state index in [1.54, 1.807) is 18.2 Å². The van der Waals surface area contributed by atoms with E-state index in [-0.39, 0.29) is 0 Å². The van der Waals surface area contributed by atoms with Crippen LogP contribution in [0.4, 0.5) is 0 Å². The van der Waals surface area contributed by atoms with Crippen molar-refractivity contribution in [1.82, 2.24) is 10.3 Å². The third-order valence-electron chi connectivity index (χ3n) is 5.47. The summed E-state index contributed by atoms with van der Waals surface area (Å²) in [7, 11) is 0. The Labute approximate surface area is 196 Å². The van der Waals surface area contributed by atoms with E-state index in [0.29, 0.717) is 28.5 Å². The van der Waals surface area contributed by atoms with E-state index in [2.05, 4.69) is 10.3 Å². The lowest BCUT2D eigenvalue weighted by atomic mass is 10.0. The maximum absolute atomic E-state index is 10.9. The fourth-order valence-electron chi connectivity index (χ4n) is 3.95. The SMILES string of the molecule is CC1(c2ncoc2-c2cccc(OCC(=O)O)c2)NC(c2ccccc2)=C(c2ccccc2)O1. The van der Waals surface area contributed by atoms with Gasteiger partial charge in [-0.1, -0.05) is 72.8 Å². The van der Waals surface area contributed by atoms with E-state index < -0.39 is 18.3 Å². The number of benzene rings is 3. The number of hydrogen-bond donors (Lipinski definition) is 2. The predicted octanol–water partition coefficient (Wildman–Crippen LogP) is 5.12. The van der Waals surface area contributed by atoms with Crippen LogP contribution in [-0.2, 0) is 15.3 Å².